The van der Waals surface area contributed by atoms with Crippen molar-refractivity contribution in [2.24, 2.45) is 16.8 Å². The number of ether oxygens (including phenoxy) is 1. The normalized spacial score (nSPS) is 23.7. The largest absolute Gasteiger partial charge is 0.466 e. The van der Waals surface area contributed by atoms with E-state index in [9.17, 15) is 4.79 Å². The van der Waals surface area contributed by atoms with Gasteiger partial charge in [-0.1, -0.05) is 19.1 Å². The Kier molecular flexibility index (Phi) is 4.20. The Hall–Kier alpha value is -2.36. The van der Waals surface area contributed by atoms with Gasteiger partial charge in [0.05, 0.1) is 23.7 Å². The molecule has 4 rings (SSSR count). The number of carbonyl (C=O) groups excluding carboxylic acids is 1. The van der Waals surface area contributed by atoms with Gasteiger partial charge in [0.25, 0.3) is 0 Å². The van der Waals surface area contributed by atoms with Crippen molar-refractivity contribution in [3.05, 3.63) is 47.4 Å². The molecule has 0 bridgehead atoms. The van der Waals surface area contributed by atoms with E-state index in [1.54, 1.807) is 0 Å². The Morgan fingerprint density at radius 2 is 2.32 bits per heavy atom. The molecule has 2 unspecified atom stereocenters. The van der Waals surface area contributed by atoms with Gasteiger partial charge in [-0.25, -0.2) is 0 Å². The lowest BCUT2D eigenvalue weighted by atomic mass is 9.83. The Bertz CT molecular complexity index is 823. The monoisotopic (exact) mass is 336 g/mol. The second-order valence-electron chi connectivity index (χ2n) is 6.94. The predicted octanol–water partition coefficient (Wildman–Crippen LogP) is 4.24. The van der Waals surface area contributed by atoms with Gasteiger partial charge in [-0.15, -0.1) is 0 Å². The summed E-state index contributed by atoms with van der Waals surface area (Å²) in [5.41, 5.74) is 6.21. The van der Waals surface area contributed by atoms with Crippen LogP contribution in [0.2, 0.25) is 0 Å². The number of esters is 1. The van der Waals surface area contributed by atoms with E-state index in [2.05, 4.69) is 42.0 Å². The fraction of sp³-hybridized carbons (Fsp3) is 0.429. The first-order chi connectivity index (χ1) is 12.2. The maximum atomic E-state index is 11.7. The third-order valence-corrected chi connectivity index (χ3v) is 5.45. The highest BCUT2D eigenvalue weighted by molar-refractivity contribution is 6.12. The molecule has 0 fully saturated rings. The van der Waals surface area contributed by atoms with Crippen molar-refractivity contribution in [2.45, 2.75) is 39.5 Å². The van der Waals surface area contributed by atoms with E-state index >= 15 is 0 Å². The van der Waals surface area contributed by atoms with E-state index in [1.807, 2.05) is 13.1 Å². The smallest absolute Gasteiger partial charge is 0.305 e. The third kappa shape index (κ3) is 2.80. The molecule has 2 atom stereocenters. The van der Waals surface area contributed by atoms with Crippen molar-refractivity contribution in [1.82, 2.24) is 4.57 Å². The van der Waals surface area contributed by atoms with Crippen LogP contribution in [0.15, 0.2) is 41.2 Å². The molecule has 1 aliphatic heterocycles. The highest BCUT2D eigenvalue weighted by atomic mass is 16.5. The van der Waals surface area contributed by atoms with Crippen molar-refractivity contribution in [2.75, 3.05) is 6.61 Å². The maximum absolute atomic E-state index is 11.7. The van der Waals surface area contributed by atoms with Crippen LogP contribution in [-0.4, -0.2) is 23.4 Å². The molecule has 4 heteroatoms. The van der Waals surface area contributed by atoms with Crippen LogP contribution in [0.25, 0.3) is 11.3 Å². The number of aliphatic imine (C=N–C) groups is 1. The van der Waals surface area contributed by atoms with Crippen molar-refractivity contribution in [3.8, 4) is 0 Å². The number of hydrogen-bond acceptors (Lipinski definition) is 3. The third-order valence-electron chi connectivity index (χ3n) is 5.45. The van der Waals surface area contributed by atoms with Gasteiger partial charge in [-0.3, -0.25) is 9.79 Å². The van der Waals surface area contributed by atoms with Gasteiger partial charge in [0.2, 0.25) is 0 Å². The van der Waals surface area contributed by atoms with Crippen molar-refractivity contribution >= 4 is 23.5 Å². The van der Waals surface area contributed by atoms with Crippen LogP contribution in [0, 0.1) is 11.8 Å². The molecule has 1 aromatic rings. The Labute approximate surface area is 148 Å². The summed E-state index contributed by atoms with van der Waals surface area (Å²) in [7, 11) is 0. The Morgan fingerprint density at radius 1 is 1.44 bits per heavy atom. The van der Waals surface area contributed by atoms with Crippen LogP contribution >= 0.6 is 0 Å². The fourth-order valence-corrected chi connectivity index (χ4v) is 4.09. The average Bonchev–Trinajstić information content (AvgIpc) is 2.96. The molecule has 25 heavy (non-hydrogen) atoms. The number of carbonyl (C=O) groups is 1. The maximum Gasteiger partial charge on any atom is 0.305 e. The average molecular weight is 336 g/mol. The molecule has 3 aliphatic rings. The summed E-state index contributed by atoms with van der Waals surface area (Å²) in [6.45, 7) is 4.51. The molecule has 4 nitrogen and oxygen atoms in total. The molecule has 0 saturated carbocycles. The molecular weight excluding hydrogens is 312 g/mol. The van der Waals surface area contributed by atoms with Crippen LogP contribution in [-0.2, 0) is 16.0 Å². The van der Waals surface area contributed by atoms with Crippen molar-refractivity contribution < 1.29 is 9.53 Å². The molecule has 0 amide bonds. The van der Waals surface area contributed by atoms with Crippen LogP contribution in [0.1, 0.15) is 44.4 Å². The molecule has 0 radical (unpaired) electrons. The minimum absolute atomic E-state index is 0.110. The quantitative estimate of drug-likeness (QED) is 0.772. The molecule has 1 aromatic heterocycles. The number of allylic oxidation sites excluding steroid dienone is 6. The Morgan fingerprint density at radius 3 is 3.16 bits per heavy atom. The van der Waals surface area contributed by atoms with E-state index in [1.165, 1.54) is 22.5 Å². The van der Waals surface area contributed by atoms with Gasteiger partial charge in [0, 0.05) is 30.3 Å². The molecule has 2 aliphatic carbocycles. The van der Waals surface area contributed by atoms with Gasteiger partial charge in [0.15, 0.2) is 0 Å². The number of hydrogen-bond donors (Lipinski definition) is 0. The van der Waals surface area contributed by atoms with E-state index < -0.39 is 0 Å². The van der Waals surface area contributed by atoms with Crippen LogP contribution < -0.4 is 0 Å². The minimum atomic E-state index is -0.110. The highest BCUT2D eigenvalue weighted by Crippen LogP contribution is 2.40. The molecule has 130 valence electrons. The van der Waals surface area contributed by atoms with Gasteiger partial charge >= 0.3 is 5.97 Å². The van der Waals surface area contributed by atoms with Gasteiger partial charge in [0.1, 0.15) is 0 Å². The van der Waals surface area contributed by atoms with E-state index in [4.69, 9.17) is 9.73 Å². The van der Waals surface area contributed by atoms with Crippen molar-refractivity contribution in [3.63, 3.8) is 0 Å². The summed E-state index contributed by atoms with van der Waals surface area (Å²) in [6, 6.07) is 2.23. The Balaban J connectivity index is 1.62. The van der Waals surface area contributed by atoms with Crippen LogP contribution in [0.4, 0.5) is 0 Å². The first kappa shape index (κ1) is 16.1. The first-order valence-corrected chi connectivity index (χ1v) is 9.22. The minimum Gasteiger partial charge on any atom is -0.466 e. The van der Waals surface area contributed by atoms with Gasteiger partial charge < -0.3 is 9.30 Å². The first-order valence-electron chi connectivity index (χ1n) is 9.22. The summed E-state index contributed by atoms with van der Waals surface area (Å²) in [5.74, 6) is 0.486. The SMILES string of the molecule is CCOC(=O)CCC1C=CC2=C(N=CC3=CCCc4ccn2c43)C1C. The molecule has 0 aromatic carbocycles. The topological polar surface area (TPSA) is 43.6 Å². The second kappa shape index (κ2) is 6.51. The summed E-state index contributed by atoms with van der Waals surface area (Å²) in [4.78, 5) is 16.5. The summed E-state index contributed by atoms with van der Waals surface area (Å²) in [5, 5.41) is 0. The zero-order chi connectivity index (χ0) is 17.4. The molecule has 0 spiro atoms. The highest BCUT2D eigenvalue weighted by Gasteiger charge is 2.29. The fourth-order valence-electron chi connectivity index (χ4n) is 4.09. The molecular formula is C21H24N2O2. The summed E-state index contributed by atoms with van der Waals surface area (Å²) >= 11 is 0. The molecule has 0 saturated heterocycles. The second-order valence-corrected chi connectivity index (χ2v) is 6.94. The number of aromatic nitrogens is 1. The van der Waals surface area contributed by atoms with E-state index in [-0.39, 0.29) is 11.9 Å². The van der Waals surface area contributed by atoms with Gasteiger partial charge in [-0.2, -0.15) is 0 Å². The molecule has 0 N–H and O–H groups in total. The standard InChI is InChI=1S/C21H24N2O2/c1-3-25-19(24)10-8-15-7-9-18-20(14(15)2)22-13-17-6-4-5-16-11-12-23(18)21(16)17/h6-7,9,11-15H,3-5,8,10H2,1-2H3. The lowest BCUT2D eigenvalue weighted by molar-refractivity contribution is -0.143. The zero-order valence-electron chi connectivity index (χ0n) is 14.9. The number of rotatable bonds is 4. The zero-order valence-corrected chi connectivity index (χ0v) is 14.9. The molecule has 2 heterocycles. The van der Waals surface area contributed by atoms with E-state index in [0.717, 1.165) is 25.0 Å². The predicted molar refractivity (Wildman–Crippen MR) is 100 cm³/mol. The van der Waals surface area contributed by atoms with Crippen molar-refractivity contribution in [1.29, 1.82) is 0 Å². The number of aryl methyl sites for hydroxylation is 1. The summed E-state index contributed by atoms with van der Waals surface area (Å²) < 4.78 is 7.35. The lowest BCUT2D eigenvalue weighted by Crippen LogP contribution is -2.19. The van der Waals surface area contributed by atoms with E-state index in [0.29, 0.717) is 18.9 Å². The number of nitrogens with zero attached hydrogens (tertiary/aromatic N) is 2. The summed E-state index contributed by atoms with van der Waals surface area (Å²) in [6.07, 6.45) is 14.3. The van der Waals surface area contributed by atoms with Gasteiger partial charge in [-0.05, 0) is 49.8 Å². The lowest BCUT2D eigenvalue weighted by Gasteiger charge is -2.27. The van der Waals surface area contributed by atoms with Crippen LogP contribution in [0.3, 0.4) is 0 Å². The van der Waals surface area contributed by atoms with Crippen LogP contribution in [0.5, 0.6) is 0 Å². The number of fused-ring (bicyclic) bond motifs is 1.